The predicted octanol–water partition coefficient (Wildman–Crippen LogP) is 1.67. The van der Waals surface area contributed by atoms with Gasteiger partial charge in [0.25, 0.3) is 0 Å². The van der Waals surface area contributed by atoms with Crippen molar-refractivity contribution in [3.8, 4) is 0 Å². The van der Waals surface area contributed by atoms with Gasteiger partial charge in [0.05, 0.1) is 0 Å². The average Bonchev–Trinajstić information content (AvgIpc) is 2.11. The third-order valence-electron chi connectivity index (χ3n) is 2.21. The fourth-order valence-corrected chi connectivity index (χ4v) is 2.18. The highest BCUT2D eigenvalue weighted by Gasteiger charge is 2.32. The van der Waals surface area contributed by atoms with E-state index in [1.807, 2.05) is 0 Å². The van der Waals surface area contributed by atoms with Crippen molar-refractivity contribution in [1.29, 1.82) is 0 Å². The molecule has 2 rings (SSSR count). The number of hydrogen-bond donors (Lipinski definition) is 1. The summed E-state index contributed by atoms with van der Waals surface area (Å²) in [6.07, 6.45) is 4.87. The van der Waals surface area contributed by atoms with Crippen LogP contribution < -0.4 is 5.32 Å². The molecule has 2 aliphatic rings. The molecule has 0 spiro atoms. The van der Waals surface area contributed by atoms with Gasteiger partial charge >= 0.3 is 0 Å². The Morgan fingerprint density at radius 3 is 3.22 bits per heavy atom. The van der Waals surface area contributed by atoms with Gasteiger partial charge in [0, 0.05) is 17.5 Å². The molecule has 9 heavy (non-hydrogen) atoms. The van der Waals surface area contributed by atoms with Crippen LogP contribution in [0.5, 0.6) is 0 Å². The van der Waals surface area contributed by atoms with Crippen molar-refractivity contribution in [2.75, 3.05) is 0 Å². The quantitative estimate of drug-likeness (QED) is 0.510. The van der Waals surface area contributed by atoms with E-state index < -0.39 is 0 Å². The summed E-state index contributed by atoms with van der Waals surface area (Å²) in [5.41, 5.74) is 0. The first-order chi connectivity index (χ1) is 4.34. The van der Waals surface area contributed by atoms with E-state index in [0.717, 1.165) is 12.5 Å². The van der Waals surface area contributed by atoms with Crippen LogP contribution in [0, 0.1) is 6.04 Å². The number of fused-ring (bicyclic) bond motifs is 2. The molecule has 2 atom stereocenters. The van der Waals surface area contributed by atoms with E-state index in [9.17, 15) is 0 Å². The standard InChI is InChI=1S/C7H11ClN/c8-5-3-6-1-2-7(4-5)9-6/h5-6,9H,1-4H2. The largest absolute Gasteiger partial charge is 0.307 e. The normalized spacial score (nSPS) is 43.7. The van der Waals surface area contributed by atoms with Crippen molar-refractivity contribution in [2.24, 2.45) is 0 Å². The highest BCUT2D eigenvalue weighted by molar-refractivity contribution is 6.20. The number of rotatable bonds is 0. The Hall–Kier alpha value is 0.250. The van der Waals surface area contributed by atoms with Gasteiger partial charge in [-0.1, -0.05) is 0 Å². The van der Waals surface area contributed by atoms with E-state index >= 15 is 0 Å². The summed E-state index contributed by atoms with van der Waals surface area (Å²) in [5, 5.41) is 3.88. The summed E-state index contributed by atoms with van der Waals surface area (Å²) >= 11 is 5.99. The highest BCUT2D eigenvalue weighted by Crippen LogP contribution is 2.33. The van der Waals surface area contributed by atoms with Gasteiger partial charge in [-0.2, -0.15) is 0 Å². The molecule has 2 unspecified atom stereocenters. The van der Waals surface area contributed by atoms with Crippen molar-refractivity contribution >= 4 is 11.6 Å². The molecule has 2 fully saturated rings. The Morgan fingerprint density at radius 1 is 1.56 bits per heavy atom. The van der Waals surface area contributed by atoms with Crippen molar-refractivity contribution in [2.45, 2.75) is 37.1 Å². The van der Waals surface area contributed by atoms with E-state index in [1.54, 1.807) is 0 Å². The van der Waals surface area contributed by atoms with Crippen molar-refractivity contribution in [1.82, 2.24) is 5.32 Å². The second kappa shape index (κ2) is 2.14. The predicted molar refractivity (Wildman–Crippen MR) is 38.3 cm³/mol. The lowest BCUT2D eigenvalue weighted by Crippen LogP contribution is -2.33. The summed E-state index contributed by atoms with van der Waals surface area (Å²) in [5.74, 6) is 0. The zero-order valence-corrected chi connectivity index (χ0v) is 6.12. The molecule has 51 valence electrons. The van der Waals surface area contributed by atoms with Crippen LogP contribution in [-0.4, -0.2) is 11.4 Å². The maximum absolute atomic E-state index is 5.99. The number of nitrogens with one attached hydrogen (secondary N) is 1. The van der Waals surface area contributed by atoms with Crippen molar-refractivity contribution in [3.63, 3.8) is 0 Å². The summed E-state index contributed by atoms with van der Waals surface area (Å²) in [6, 6.07) is 2.21. The van der Waals surface area contributed by atoms with Gasteiger partial charge in [-0.05, 0) is 25.7 Å². The lowest BCUT2D eigenvalue weighted by molar-refractivity contribution is 0.476. The highest BCUT2D eigenvalue weighted by atomic mass is 35.5. The summed E-state index contributed by atoms with van der Waals surface area (Å²) in [6.45, 7) is 0. The Kier molecular flexibility index (Phi) is 1.42. The summed E-state index contributed by atoms with van der Waals surface area (Å²) < 4.78 is 0. The SMILES string of the molecule is ClC1C[C]2CCC(C1)N2. The maximum atomic E-state index is 5.99. The fraction of sp³-hybridized carbons (Fsp3) is 0.857. The van der Waals surface area contributed by atoms with Crippen LogP contribution in [0.25, 0.3) is 0 Å². The molecular formula is C7H11ClN. The van der Waals surface area contributed by atoms with E-state index in [-0.39, 0.29) is 0 Å². The van der Waals surface area contributed by atoms with Crippen LogP contribution in [0.2, 0.25) is 0 Å². The van der Waals surface area contributed by atoms with Crippen LogP contribution in [0.4, 0.5) is 0 Å². The van der Waals surface area contributed by atoms with Gasteiger partial charge in [-0.3, -0.25) is 0 Å². The lowest BCUT2D eigenvalue weighted by atomic mass is 10.1. The van der Waals surface area contributed by atoms with Gasteiger partial charge in [-0.15, -0.1) is 11.6 Å². The minimum atomic E-state index is 0.425. The molecule has 0 amide bonds. The van der Waals surface area contributed by atoms with E-state index in [2.05, 4.69) is 5.32 Å². The zero-order chi connectivity index (χ0) is 6.27. The Morgan fingerprint density at radius 2 is 2.44 bits per heavy atom. The molecule has 2 aliphatic heterocycles. The molecule has 2 saturated heterocycles. The van der Waals surface area contributed by atoms with Crippen molar-refractivity contribution in [3.05, 3.63) is 6.04 Å². The first-order valence-corrected chi connectivity index (χ1v) is 4.03. The lowest BCUT2D eigenvalue weighted by Gasteiger charge is -2.23. The Balaban J connectivity index is 2.03. The minimum absolute atomic E-state index is 0.425. The van der Waals surface area contributed by atoms with Crippen LogP contribution in [0.1, 0.15) is 25.7 Å². The maximum Gasteiger partial charge on any atom is 0.0381 e. The molecule has 0 aromatic carbocycles. The number of hydrogen-bond acceptors (Lipinski definition) is 1. The molecule has 1 radical (unpaired) electrons. The molecule has 2 bridgehead atoms. The topological polar surface area (TPSA) is 12.0 Å². The summed E-state index contributed by atoms with van der Waals surface area (Å²) in [7, 11) is 0. The van der Waals surface area contributed by atoms with Gasteiger partial charge in [0.15, 0.2) is 0 Å². The number of piperidine rings is 1. The third kappa shape index (κ3) is 1.08. The van der Waals surface area contributed by atoms with E-state index in [4.69, 9.17) is 11.6 Å². The molecular weight excluding hydrogens is 134 g/mol. The van der Waals surface area contributed by atoms with Gasteiger partial charge in [0.1, 0.15) is 0 Å². The molecule has 2 heterocycles. The van der Waals surface area contributed by atoms with Crippen molar-refractivity contribution < 1.29 is 0 Å². The van der Waals surface area contributed by atoms with E-state index in [1.165, 1.54) is 25.3 Å². The second-order valence-corrected chi connectivity index (χ2v) is 3.64. The summed E-state index contributed by atoms with van der Waals surface area (Å²) in [4.78, 5) is 0. The number of halogens is 1. The second-order valence-electron chi connectivity index (χ2n) is 3.02. The van der Waals surface area contributed by atoms with E-state index in [0.29, 0.717) is 5.38 Å². The molecule has 1 nitrogen and oxygen atoms in total. The smallest absolute Gasteiger partial charge is 0.0381 e. The molecule has 2 heteroatoms. The monoisotopic (exact) mass is 144 g/mol. The van der Waals surface area contributed by atoms with Gasteiger partial charge in [0.2, 0.25) is 0 Å². The first-order valence-electron chi connectivity index (χ1n) is 3.60. The van der Waals surface area contributed by atoms with Crippen LogP contribution in [0.3, 0.4) is 0 Å². The molecule has 0 aromatic rings. The Bertz CT molecular complexity index is 103. The van der Waals surface area contributed by atoms with Crippen LogP contribution >= 0.6 is 11.6 Å². The average molecular weight is 145 g/mol. The van der Waals surface area contributed by atoms with Crippen LogP contribution in [0.15, 0.2) is 0 Å². The minimum Gasteiger partial charge on any atom is -0.307 e. The molecule has 0 saturated carbocycles. The third-order valence-corrected chi connectivity index (χ3v) is 2.54. The zero-order valence-electron chi connectivity index (χ0n) is 5.36. The fourth-order valence-electron chi connectivity index (χ4n) is 1.78. The first kappa shape index (κ1) is 5.99. The molecule has 0 aliphatic carbocycles. The molecule has 0 aromatic heterocycles. The number of alkyl halides is 1. The van der Waals surface area contributed by atoms with Gasteiger partial charge < -0.3 is 5.32 Å². The van der Waals surface area contributed by atoms with Gasteiger partial charge in [-0.25, -0.2) is 0 Å². The van der Waals surface area contributed by atoms with Crippen LogP contribution in [-0.2, 0) is 0 Å². The molecule has 1 N–H and O–H groups in total. The Labute approximate surface area is 60.8 Å².